The summed E-state index contributed by atoms with van der Waals surface area (Å²) in [6.07, 6.45) is 1.38. The van der Waals surface area contributed by atoms with E-state index in [9.17, 15) is 4.79 Å². The van der Waals surface area contributed by atoms with Crippen molar-refractivity contribution in [3.8, 4) is 63.0 Å². The summed E-state index contributed by atoms with van der Waals surface area (Å²) in [5, 5.41) is 8.97. The number of aromatic nitrogens is 2. The summed E-state index contributed by atoms with van der Waals surface area (Å²) in [7, 11) is 9.12. The summed E-state index contributed by atoms with van der Waals surface area (Å²) in [4.78, 5) is 14.0. The fraction of sp³-hybridized carbons (Fsp3) is 0.303. The molecule has 13 heteroatoms. The van der Waals surface area contributed by atoms with Crippen molar-refractivity contribution in [3.05, 3.63) is 58.8 Å². The maximum Gasteiger partial charge on any atom is 0.276 e. The number of para-hydroxylation sites is 1. The Balaban J connectivity index is 1.37. The van der Waals surface area contributed by atoms with Crippen molar-refractivity contribution in [1.82, 2.24) is 10.2 Å². The molecule has 2 aromatic heterocycles. The van der Waals surface area contributed by atoms with Gasteiger partial charge in [-0.1, -0.05) is 23.9 Å². The number of rotatable bonds is 15. The van der Waals surface area contributed by atoms with Gasteiger partial charge in [0.2, 0.25) is 16.9 Å². The monoisotopic (exact) mass is 650 g/mol. The highest BCUT2D eigenvalue weighted by Crippen LogP contribution is 2.44. The number of hydrogen-bond donors (Lipinski definition) is 0. The van der Waals surface area contributed by atoms with E-state index < -0.39 is 5.43 Å². The number of nitrogens with zero attached hydrogens (tertiary/aromatic N) is 2. The molecule has 12 nitrogen and oxygen atoms in total. The summed E-state index contributed by atoms with van der Waals surface area (Å²) in [5.41, 5.74) is 1.09. The van der Waals surface area contributed by atoms with Gasteiger partial charge in [-0.15, -0.1) is 10.2 Å². The van der Waals surface area contributed by atoms with Gasteiger partial charge >= 0.3 is 0 Å². The number of thioether (sulfide) groups is 1. The molecule has 0 aliphatic heterocycles. The number of benzene rings is 3. The zero-order chi connectivity index (χ0) is 32.6. The zero-order valence-corrected chi connectivity index (χ0v) is 27.1. The van der Waals surface area contributed by atoms with Gasteiger partial charge < -0.3 is 42.0 Å². The Bertz CT molecular complexity index is 1840. The molecule has 242 valence electrons. The molecule has 0 bridgehead atoms. The first kappa shape index (κ1) is 32.4. The number of ether oxygens (including phenoxy) is 7. The van der Waals surface area contributed by atoms with Gasteiger partial charge in [0.15, 0.2) is 17.3 Å². The van der Waals surface area contributed by atoms with Gasteiger partial charge in [-0.2, -0.15) is 0 Å². The third kappa shape index (κ3) is 6.64. The van der Waals surface area contributed by atoms with Gasteiger partial charge in [-0.25, -0.2) is 0 Å². The smallest absolute Gasteiger partial charge is 0.276 e. The van der Waals surface area contributed by atoms with Gasteiger partial charge in [-0.3, -0.25) is 4.79 Å². The van der Waals surface area contributed by atoms with E-state index in [1.165, 1.54) is 47.3 Å². The summed E-state index contributed by atoms with van der Waals surface area (Å²) >= 11 is 1.44. The fourth-order valence-corrected chi connectivity index (χ4v) is 5.55. The SMILES string of the molecule is COc1cc(OC)c2c(=O)c(OCCCCSc3nnc(-c4ccccc4OC)o3)c(-c3cc(OC)c(OC)c(OC)c3)oc2c1. The Morgan fingerprint density at radius 3 is 2.11 bits per heavy atom. The maximum atomic E-state index is 14.0. The van der Waals surface area contributed by atoms with Gasteiger partial charge in [0.05, 0.1) is 54.8 Å². The molecule has 5 rings (SSSR count). The second-order valence-corrected chi connectivity index (χ2v) is 10.7. The minimum absolute atomic E-state index is 0.0243. The molecule has 3 aromatic carbocycles. The van der Waals surface area contributed by atoms with Crippen LogP contribution in [0, 0.1) is 0 Å². The Kier molecular flexibility index (Phi) is 10.4. The summed E-state index contributed by atoms with van der Waals surface area (Å²) in [5.74, 6) is 3.89. The zero-order valence-electron chi connectivity index (χ0n) is 26.3. The predicted octanol–water partition coefficient (Wildman–Crippen LogP) is 6.51. The Morgan fingerprint density at radius 2 is 1.43 bits per heavy atom. The van der Waals surface area contributed by atoms with Gasteiger partial charge in [0.1, 0.15) is 28.2 Å². The van der Waals surface area contributed by atoms with E-state index >= 15 is 0 Å². The molecule has 0 spiro atoms. The normalized spacial score (nSPS) is 10.9. The van der Waals surface area contributed by atoms with Gasteiger partial charge in [-0.05, 0) is 37.1 Å². The molecule has 0 saturated carbocycles. The van der Waals surface area contributed by atoms with Gasteiger partial charge in [0.25, 0.3) is 11.1 Å². The molecule has 0 aliphatic carbocycles. The van der Waals surface area contributed by atoms with Crippen LogP contribution in [0.3, 0.4) is 0 Å². The highest BCUT2D eigenvalue weighted by atomic mass is 32.2. The number of methoxy groups -OCH3 is 6. The van der Waals surface area contributed by atoms with E-state index in [4.69, 9.17) is 42.0 Å². The molecule has 0 unspecified atom stereocenters. The number of unbranched alkanes of at least 4 members (excludes halogenated alkanes) is 1. The first-order valence-corrected chi connectivity index (χ1v) is 15.2. The second kappa shape index (κ2) is 14.8. The lowest BCUT2D eigenvalue weighted by Crippen LogP contribution is -2.12. The summed E-state index contributed by atoms with van der Waals surface area (Å²) in [6.45, 7) is 0.239. The summed E-state index contributed by atoms with van der Waals surface area (Å²) < 4.78 is 51.2. The molecule has 0 N–H and O–H groups in total. The van der Waals surface area contributed by atoms with Crippen LogP contribution in [0.25, 0.3) is 33.7 Å². The Hall–Kier alpha value is -5.04. The summed E-state index contributed by atoms with van der Waals surface area (Å²) in [6, 6.07) is 14.1. The highest BCUT2D eigenvalue weighted by molar-refractivity contribution is 7.99. The van der Waals surface area contributed by atoms with E-state index in [1.54, 1.807) is 31.4 Å². The van der Waals surface area contributed by atoms with E-state index in [1.807, 2.05) is 24.3 Å². The fourth-order valence-electron chi connectivity index (χ4n) is 4.79. The van der Waals surface area contributed by atoms with Crippen LogP contribution in [0.4, 0.5) is 0 Å². The van der Waals surface area contributed by atoms with E-state index in [-0.39, 0.29) is 29.1 Å². The van der Waals surface area contributed by atoms with Crippen LogP contribution in [0.2, 0.25) is 0 Å². The third-order valence-corrected chi connectivity index (χ3v) is 7.93. The molecule has 0 radical (unpaired) electrons. The largest absolute Gasteiger partial charge is 0.496 e. The van der Waals surface area contributed by atoms with Crippen LogP contribution < -0.4 is 38.6 Å². The first-order valence-electron chi connectivity index (χ1n) is 14.2. The van der Waals surface area contributed by atoms with Crippen molar-refractivity contribution in [3.63, 3.8) is 0 Å². The highest BCUT2D eigenvalue weighted by Gasteiger charge is 2.24. The quantitative estimate of drug-likeness (QED) is 0.0901. The number of hydrogen-bond acceptors (Lipinski definition) is 13. The second-order valence-electron chi connectivity index (χ2n) is 9.68. The molecule has 0 atom stereocenters. The lowest BCUT2D eigenvalue weighted by atomic mass is 10.1. The number of fused-ring (bicyclic) bond motifs is 1. The predicted molar refractivity (Wildman–Crippen MR) is 172 cm³/mol. The van der Waals surface area contributed by atoms with Crippen molar-refractivity contribution in [2.75, 3.05) is 55.0 Å². The lowest BCUT2D eigenvalue weighted by Gasteiger charge is -2.17. The van der Waals surface area contributed by atoms with E-state index in [0.717, 1.165) is 12.0 Å². The third-order valence-electron chi connectivity index (χ3n) is 7.03. The molecular formula is C33H34N2O10S. The first-order chi connectivity index (χ1) is 22.5. The van der Waals surface area contributed by atoms with Crippen LogP contribution in [0.5, 0.6) is 40.2 Å². The Labute approximate surface area is 269 Å². The average Bonchev–Trinajstić information content (AvgIpc) is 3.57. The van der Waals surface area contributed by atoms with E-state index in [0.29, 0.717) is 63.3 Å². The molecule has 2 heterocycles. The van der Waals surface area contributed by atoms with Crippen molar-refractivity contribution in [1.29, 1.82) is 0 Å². The van der Waals surface area contributed by atoms with Crippen LogP contribution >= 0.6 is 11.8 Å². The maximum absolute atomic E-state index is 14.0. The van der Waals surface area contributed by atoms with E-state index in [2.05, 4.69) is 10.2 Å². The molecular weight excluding hydrogens is 616 g/mol. The van der Waals surface area contributed by atoms with Gasteiger partial charge in [0, 0.05) is 23.4 Å². The standard InChI is InChI=1S/C33H34N2O10S/c1-37-20-17-23(39-3)27-24(18-20)44-29(19-15-25(40-4)30(42-6)26(16-19)41-5)31(28(27)36)43-13-9-10-14-46-33-35-34-32(45-33)21-11-7-8-12-22(21)38-2/h7-8,11-12,15-18H,9-10,13-14H2,1-6H3. The van der Waals surface area contributed by atoms with Crippen LogP contribution in [-0.4, -0.2) is 65.2 Å². The van der Waals surface area contributed by atoms with Crippen molar-refractivity contribution in [2.24, 2.45) is 0 Å². The molecule has 46 heavy (non-hydrogen) atoms. The lowest BCUT2D eigenvalue weighted by molar-refractivity contribution is 0.301. The van der Waals surface area contributed by atoms with Crippen LogP contribution in [0.1, 0.15) is 12.8 Å². The van der Waals surface area contributed by atoms with Crippen LogP contribution in [-0.2, 0) is 0 Å². The molecule has 0 amide bonds. The van der Waals surface area contributed by atoms with Crippen LogP contribution in [0.15, 0.2) is 67.4 Å². The van der Waals surface area contributed by atoms with Crippen molar-refractivity contribution < 1.29 is 42.0 Å². The molecule has 0 saturated heterocycles. The minimum Gasteiger partial charge on any atom is -0.496 e. The minimum atomic E-state index is -0.395. The molecule has 0 aliphatic rings. The van der Waals surface area contributed by atoms with Crippen molar-refractivity contribution >= 4 is 22.7 Å². The topological polar surface area (TPSA) is 134 Å². The average molecular weight is 651 g/mol. The Morgan fingerprint density at radius 1 is 0.717 bits per heavy atom. The molecule has 0 fully saturated rings. The van der Waals surface area contributed by atoms with Crippen molar-refractivity contribution in [2.45, 2.75) is 18.1 Å². The molecule has 5 aromatic rings.